The van der Waals surface area contributed by atoms with Gasteiger partial charge in [0.2, 0.25) is 0 Å². The summed E-state index contributed by atoms with van der Waals surface area (Å²) in [6.45, 7) is 5.94. The first-order valence-corrected chi connectivity index (χ1v) is 10.0. The van der Waals surface area contributed by atoms with Gasteiger partial charge in [-0.2, -0.15) is 0 Å². The molecule has 1 unspecified atom stereocenters. The molecule has 3 aromatic rings. The van der Waals surface area contributed by atoms with Crippen LogP contribution in [0.4, 0.5) is 10.5 Å². The van der Waals surface area contributed by atoms with Gasteiger partial charge in [-0.15, -0.1) is 22.7 Å². The molecule has 0 aliphatic heterocycles. The van der Waals surface area contributed by atoms with Crippen LogP contribution in [0.25, 0.3) is 10.2 Å². The standard InChI is InChI=1S/C18H20N4OS2/c1-9-16(24-11(3)19-9)10(2)20-18(23)21-13-6-7-14-15(8-13)25-17(22-14)12-4-5-12/h6-8,10,12H,4-5H2,1-3H3,(H2,20,21,23). The largest absolute Gasteiger partial charge is 0.330 e. The number of amides is 2. The molecular weight excluding hydrogens is 352 g/mol. The van der Waals surface area contributed by atoms with Crippen LogP contribution in [0.1, 0.15) is 52.3 Å². The summed E-state index contributed by atoms with van der Waals surface area (Å²) in [6, 6.07) is 5.62. The SMILES string of the molecule is Cc1nc(C)c(C(C)NC(=O)Nc2ccc3nc(C4CC4)sc3c2)s1. The topological polar surface area (TPSA) is 66.9 Å². The van der Waals surface area contributed by atoms with Crippen LogP contribution in [0.3, 0.4) is 0 Å². The zero-order valence-corrected chi connectivity index (χ0v) is 16.1. The van der Waals surface area contributed by atoms with E-state index in [1.54, 1.807) is 22.7 Å². The van der Waals surface area contributed by atoms with Gasteiger partial charge in [0.25, 0.3) is 0 Å². The molecule has 1 saturated carbocycles. The monoisotopic (exact) mass is 372 g/mol. The van der Waals surface area contributed by atoms with E-state index in [0.29, 0.717) is 5.92 Å². The van der Waals surface area contributed by atoms with E-state index in [4.69, 9.17) is 0 Å². The fraction of sp³-hybridized carbons (Fsp3) is 0.389. The van der Waals surface area contributed by atoms with Gasteiger partial charge in [0.15, 0.2) is 0 Å². The number of aryl methyl sites for hydroxylation is 2. The van der Waals surface area contributed by atoms with Crippen LogP contribution < -0.4 is 10.6 Å². The second-order valence-electron chi connectivity index (χ2n) is 6.51. The molecule has 2 heterocycles. The maximum absolute atomic E-state index is 12.3. The lowest BCUT2D eigenvalue weighted by Crippen LogP contribution is -2.31. The van der Waals surface area contributed by atoms with Crippen molar-refractivity contribution in [3.05, 3.63) is 38.8 Å². The second-order valence-corrected chi connectivity index (χ2v) is 8.81. The van der Waals surface area contributed by atoms with Crippen LogP contribution in [0.2, 0.25) is 0 Å². The number of urea groups is 1. The maximum atomic E-state index is 12.3. The first-order valence-electron chi connectivity index (χ1n) is 8.41. The number of fused-ring (bicyclic) bond motifs is 1. The van der Waals surface area contributed by atoms with Gasteiger partial charge in [-0.25, -0.2) is 14.8 Å². The number of benzene rings is 1. The molecule has 4 rings (SSSR count). The normalized spacial score (nSPS) is 15.3. The second kappa shape index (κ2) is 6.38. The van der Waals surface area contributed by atoms with Gasteiger partial charge in [0.05, 0.1) is 32.0 Å². The van der Waals surface area contributed by atoms with Crippen molar-refractivity contribution in [2.45, 2.75) is 45.6 Å². The lowest BCUT2D eigenvalue weighted by molar-refractivity contribution is 0.249. The van der Waals surface area contributed by atoms with Gasteiger partial charge in [-0.3, -0.25) is 0 Å². The Hall–Kier alpha value is -1.99. The van der Waals surface area contributed by atoms with E-state index < -0.39 is 0 Å². The molecule has 1 aliphatic carbocycles. The van der Waals surface area contributed by atoms with Crippen molar-refractivity contribution in [1.82, 2.24) is 15.3 Å². The molecule has 7 heteroatoms. The average Bonchev–Trinajstić information content (AvgIpc) is 3.23. The van der Waals surface area contributed by atoms with E-state index in [0.717, 1.165) is 31.5 Å². The quantitative estimate of drug-likeness (QED) is 0.667. The molecule has 1 aromatic carbocycles. The predicted octanol–water partition coefficient (Wildman–Crippen LogP) is 5.13. The molecule has 25 heavy (non-hydrogen) atoms. The summed E-state index contributed by atoms with van der Waals surface area (Å²) in [6.07, 6.45) is 2.50. The molecule has 0 radical (unpaired) electrons. The van der Waals surface area contributed by atoms with E-state index >= 15 is 0 Å². The van der Waals surface area contributed by atoms with Crippen LogP contribution in [-0.2, 0) is 0 Å². The fourth-order valence-electron chi connectivity index (χ4n) is 2.90. The zero-order valence-electron chi connectivity index (χ0n) is 14.4. The fourth-order valence-corrected chi connectivity index (χ4v) is 5.01. The summed E-state index contributed by atoms with van der Waals surface area (Å²) in [5.74, 6) is 0.657. The first kappa shape index (κ1) is 16.5. The summed E-state index contributed by atoms with van der Waals surface area (Å²) >= 11 is 3.36. The molecule has 1 aliphatic rings. The molecule has 2 aromatic heterocycles. The highest BCUT2D eigenvalue weighted by molar-refractivity contribution is 7.18. The number of carbonyl (C=O) groups is 1. The zero-order chi connectivity index (χ0) is 17.6. The van der Waals surface area contributed by atoms with E-state index in [1.807, 2.05) is 39.0 Å². The average molecular weight is 373 g/mol. The molecule has 5 nitrogen and oxygen atoms in total. The van der Waals surface area contributed by atoms with Gasteiger partial charge in [0.1, 0.15) is 0 Å². The molecule has 0 bridgehead atoms. The van der Waals surface area contributed by atoms with Crippen molar-refractivity contribution in [1.29, 1.82) is 0 Å². The Bertz CT molecular complexity index is 942. The molecule has 130 valence electrons. The highest BCUT2D eigenvalue weighted by Crippen LogP contribution is 2.43. The third-order valence-corrected chi connectivity index (χ3v) is 6.71. The Morgan fingerprint density at radius 1 is 1.24 bits per heavy atom. The number of thiazole rings is 2. The summed E-state index contributed by atoms with van der Waals surface area (Å²) in [5, 5.41) is 8.16. The number of nitrogens with one attached hydrogen (secondary N) is 2. The lowest BCUT2D eigenvalue weighted by Gasteiger charge is -2.14. The molecule has 2 amide bonds. The number of aromatic nitrogens is 2. The van der Waals surface area contributed by atoms with Crippen LogP contribution in [-0.4, -0.2) is 16.0 Å². The van der Waals surface area contributed by atoms with Crippen LogP contribution in [0.15, 0.2) is 18.2 Å². The Kier molecular flexibility index (Phi) is 4.21. The van der Waals surface area contributed by atoms with Crippen molar-refractivity contribution in [2.75, 3.05) is 5.32 Å². The van der Waals surface area contributed by atoms with Gasteiger partial charge in [-0.05, 0) is 51.8 Å². The summed E-state index contributed by atoms with van der Waals surface area (Å²) in [5.41, 5.74) is 2.79. The third kappa shape index (κ3) is 3.52. The Morgan fingerprint density at radius 2 is 2.04 bits per heavy atom. The minimum Gasteiger partial charge on any atom is -0.330 e. The smallest absolute Gasteiger partial charge is 0.319 e. The van der Waals surface area contributed by atoms with Gasteiger partial charge >= 0.3 is 6.03 Å². The minimum absolute atomic E-state index is 0.0696. The van der Waals surface area contributed by atoms with Crippen molar-refractivity contribution >= 4 is 44.6 Å². The molecular formula is C18H20N4OS2. The number of rotatable bonds is 4. The van der Waals surface area contributed by atoms with E-state index in [2.05, 4.69) is 20.6 Å². The Balaban J connectivity index is 1.44. The molecule has 2 N–H and O–H groups in total. The van der Waals surface area contributed by atoms with Gasteiger partial charge < -0.3 is 10.6 Å². The maximum Gasteiger partial charge on any atom is 0.319 e. The number of hydrogen-bond donors (Lipinski definition) is 2. The first-order chi connectivity index (χ1) is 12.0. The summed E-state index contributed by atoms with van der Waals surface area (Å²) < 4.78 is 1.13. The number of hydrogen-bond acceptors (Lipinski definition) is 5. The van der Waals surface area contributed by atoms with Crippen LogP contribution in [0, 0.1) is 13.8 Å². The Labute approximate surface area is 154 Å². The van der Waals surface area contributed by atoms with E-state index in [-0.39, 0.29) is 12.1 Å². The van der Waals surface area contributed by atoms with Crippen molar-refractivity contribution in [3.63, 3.8) is 0 Å². The third-order valence-electron chi connectivity index (χ3n) is 4.27. The molecule has 1 fully saturated rings. The molecule has 0 spiro atoms. The highest BCUT2D eigenvalue weighted by Gasteiger charge is 2.27. The number of nitrogens with zero attached hydrogens (tertiary/aromatic N) is 2. The summed E-state index contributed by atoms with van der Waals surface area (Å²) in [7, 11) is 0. The highest BCUT2D eigenvalue weighted by atomic mass is 32.1. The van der Waals surface area contributed by atoms with E-state index in [1.165, 1.54) is 17.8 Å². The van der Waals surface area contributed by atoms with Crippen molar-refractivity contribution < 1.29 is 4.79 Å². The van der Waals surface area contributed by atoms with Crippen LogP contribution in [0.5, 0.6) is 0 Å². The van der Waals surface area contributed by atoms with Gasteiger partial charge in [-0.1, -0.05) is 0 Å². The van der Waals surface area contributed by atoms with Gasteiger partial charge in [0, 0.05) is 16.5 Å². The van der Waals surface area contributed by atoms with Crippen molar-refractivity contribution in [2.24, 2.45) is 0 Å². The van der Waals surface area contributed by atoms with Crippen molar-refractivity contribution in [3.8, 4) is 0 Å². The van der Waals surface area contributed by atoms with E-state index in [9.17, 15) is 4.79 Å². The summed E-state index contributed by atoms with van der Waals surface area (Å²) in [4.78, 5) is 22.5. The minimum atomic E-state index is -0.204. The van der Waals surface area contributed by atoms with Crippen LogP contribution >= 0.6 is 22.7 Å². The Morgan fingerprint density at radius 3 is 2.72 bits per heavy atom. The number of carbonyl (C=O) groups excluding carboxylic acids is 1. The number of anilines is 1. The lowest BCUT2D eigenvalue weighted by atomic mass is 10.2. The molecule has 1 atom stereocenters. The predicted molar refractivity (Wildman–Crippen MR) is 104 cm³/mol. The molecule has 0 saturated heterocycles.